The van der Waals surface area contributed by atoms with Gasteiger partial charge in [0.1, 0.15) is 6.10 Å². The van der Waals surface area contributed by atoms with E-state index < -0.39 is 18.2 Å². The van der Waals surface area contributed by atoms with Gasteiger partial charge in [0.2, 0.25) is 5.91 Å². The number of allylic oxidation sites excluding steroid dienone is 6. The van der Waals surface area contributed by atoms with Gasteiger partial charge in [0.15, 0.2) is 0 Å². The Hall–Kier alpha value is -1.92. The smallest absolute Gasteiger partial charge is 0.306 e. The van der Waals surface area contributed by atoms with Gasteiger partial charge in [0, 0.05) is 6.42 Å². The maximum Gasteiger partial charge on any atom is 0.306 e. The zero-order chi connectivity index (χ0) is 43.8. The fourth-order valence-corrected chi connectivity index (χ4v) is 7.97. The van der Waals surface area contributed by atoms with Crippen LogP contribution in [0.2, 0.25) is 0 Å². The number of nitrogens with one attached hydrogen (secondary N) is 1. The van der Waals surface area contributed by atoms with Crippen LogP contribution in [0.3, 0.4) is 0 Å². The molecule has 0 aromatic carbocycles. The van der Waals surface area contributed by atoms with Crippen molar-refractivity contribution in [1.29, 1.82) is 0 Å². The average Bonchev–Trinajstić information content (AvgIpc) is 3.24. The first-order valence-corrected chi connectivity index (χ1v) is 26.2. The van der Waals surface area contributed by atoms with Crippen molar-refractivity contribution in [3.63, 3.8) is 0 Å². The zero-order valence-corrected chi connectivity index (χ0v) is 40.1. The van der Waals surface area contributed by atoms with Gasteiger partial charge in [0.05, 0.1) is 25.2 Å². The Balaban J connectivity index is 4.61. The summed E-state index contributed by atoms with van der Waals surface area (Å²) in [5.74, 6) is -0.485. The number of aliphatic hydroxyl groups is 2. The Morgan fingerprint density at radius 1 is 0.483 bits per heavy atom. The van der Waals surface area contributed by atoms with E-state index in [9.17, 15) is 19.8 Å². The van der Waals surface area contributed by atoms with Gasteiger partial charge in [-0.1, -0.05) is 231 Å². The number of carbonyl (C=O) groups excluding carboxylic acids is 2. The molecule has 0 saturated heterocycles. The highest BCUT2D eigenvalue weighted by atomic mass is 16.5. The van der Waals surface area contributed by atoms with Gasteiger partial charge in [-0.15, -0.1) is 0 Å². The number of carbonyl (C=O) groups is 2. The van der Waals surface area contributed by atoms with Gasteiger partial charge in [0.25, 0.3) is 0 Å². The van der Waals surface area contributed by atoms with Crippen molar-refractivity contribution in [2.24, 2.45) is 0 Å². The summed E-state index contributed by atoms with van der Waals surface area (Å²) in [5.41, 5.74) is 0. The molecule has 0 aliphatic rings. The second-order valence-corrected chi connectivity index (χ2v) is 17.9. The quantitative estimate of drug-likeness (QED) is 0.0322. The molecule has 0 aromatic heterocycles. The van der Waals surface area contributed by atoms with Crippen molar-refractivity contribution in [1.82, 2.24) is 5.32 Å². The number of ether oxygens (including phenoxy) is 1. The molecule has 1 amide bonds. The lowest BCUT2D eigenvalue weighted by atomic mass is 10.0. The van der Waals surface area contributed by atoms with Crippen LogP contribution in [0.5, 0.6) is 0 Å². The lowest BCUT2D eigenvalue weighted by Gasteiger charge is -2.24. The topological polar surface area (TPSA) is 95.9 Å². The highest BCUT2D eigenvalue weighted by molar-refractivity contribution is 5.77. The van der Waals surface area contributed by atoms with E-state index in [-0.39, 0.29) is 24.9 Å². The second-order valence-electron chi connectivity index (χ2n) is 17.9. The van der Waals surface area contributed by atoms with Crippen molar-refractivity contribution >= 4 is 11.9 Å². The van der Waals surface area contributed by atoms with E-state index in [1.165, 1.54) is 141 Å². The van der Waals surface area contributed by atoms with Crippen molar-refractivity contribution in [3.8, 4) is 0 Å². The minimum absolute atomic E-state index is 0.0663. The molecule has 60 heavy (non-hydrogen) atoms. The monoisotopic (exact) mass is 844 g/mol. The molecule has 0 aliphatic carbocycles. The minimum atomic E-state index is -0.790. The summed E-state index contributed by atoms with van der Waals surface area (Å²) in [6.45, 7) is 6.45. The molecule has 0 heterocycles. The predicted octanol–water partition coefficient (Wildman–Crippen LogP) is 15.7. The second kappa shape index (κ2) is 48.1. The Morgan fingerprint density at radius 3 is 1.32 bits per heavy atom. The Morgan fingerprint density at radius 2 is 0.850 bits per heavy atom. The third kappa shape index (κ3) is 42.8. The first-order valence-electron chi connectivity index (χ1n) is 26.2. The molecule has 0 radical (unpaired) electrons. The number of rotatable bonds is 47. The summed E-state index contributed by atoms with van der Waals surface area (Å²) in [7, 11) is 0. The number of esters is 1. The number of aliphatic hydroxyl groups excluding tert-OH is 2. The highest BCUT2D eigenvalue weighted by Crippen LogP contribution is 2.18. The Labute approximate surface area is 373 Å². The van der Waals surface area contributed by atoms with E-state index in [1.807, 2.05) is 0 Å². The standard InChI is InChI=1S/C54H101NO5/c1-4-7-10-13-16-19-22-24-26-27-28-29-31-33-36-39-42-45-50(60-54(59)47-44-41-38-35-32-30-25-23-20-17-14-11-8-5-2)48-53(58)55-51(49-56)52(57)46-43-40-37-34-21-18-15-12-9-6-3/h16,19,24,26,28-29,50-52,56-57H,4-15,17-18,20-23,25,27,30-49H2,1-3H3,(H,55,58)/b19-16-,26-24-,29-28-. The number of hydrogen-bond donors (Lipinski definition) is 3. The first-order chi connectivity index (χ1) is 29.5. The van der Waals surface area contributed by atoms with E-state index in [0.717, 1.165) is 83.5 Å². The molecular weight excluding hydrogens is 743 g/mol. The molecule has 3 atom stereocenters. The molecule has 352 valence electrons. The summed E-state index contributed by atoms with van der Waals surface area (Å²) in [5, 5.41) is 23.7. The third-order valence-electron chi connectivity index (χ3n) is 12.0. The van der Waals surface area contributed by atoms with Crippen LogP contribution in [0.25, 0.3) is 0 Å². The molecule has 6 nitrogen and oxygen atoms in total. The normalized spacial score (nSPS) is 13.5. The SMILES string of the molecule is CCCCC/C=C\C/C=C\C/C=C\CCCCCCC(CC(=O)NC(CO)C(O)CCCCCCCCCCCC)OC(=O)CCCCCCCCCCCCCCCC. The fourth-order valence-electron chi connectivity index (χ4n) is 7.97. The Kier molecular flexibility index (Phi) is 46.6. The van der Waals surface area contributed by atoms with Crippen LogP contribution in [-0.2, 0) is 14.3 Å². The van der Waals surface area contributed by atoms with Crippen molar-refractivity contribution in [2.75, 3.05) is 6.61 Å². The fraction of sp³-hybridized carbons (Fsp3) is 0.852. The van der Waals surface area contributed by atoms with Gasteiger partial charge in [-0.3, -0.25) is 9.59 Å². The molecule has 0 bridgehead atoms. The number of unbranched alkanes of at least 4 members (excludes halogenated alkanes) is 29. The summed E-state index contributed by atoms with van der Waals surface area (Å²) in [6, 6.07) is -0.705. The lowest BCUT2D eigenvalue weighted by molar-refractivity contribution is -0.151. The predicted molar refractivity (Wildman–Crippen MR) is 259 cm³/mol. The van der Waals surface area contributed by atoms with Crippen molar-refractivity contribution in [2.45, 2.75) is 289 Å². The lowest BCUT2D eigenvalue weighted by Crippen LogP contribution is -2.46. The molecule has 0 aliphatic heterocycles. The van der Waals surface area contributed by atoms with Crippen LogP contribution in [0, 0.1) is 0 Å². The van der Waals surface area contributed by atoms with E-state index in [4.69, 9.17) is 4.74 Å². The maximum absolute atomic E-state index is 13.2. The molecular formula is C54H101NO5. The van der Waals surface area contributed by atoms with Crippen molar-refractivity contribution in [3.05, 3.63) is 36.5 Å². The van der Waals surface area contributed by atoms with Gasteiger partial charge in [-0.05, 0) is 64.2 Å². The summed E-state index contributed by atoms with van der Waals surface area (Å²) < 4.78 is 5.93. The molecule has 0 saturated carbocycles. The van der Waals surface area contributed by atoms with E-state index in [2.05, 4.69) is 62.5 Å². The third-order valence-corrected chi connectivity index (χ3v) is 12.0. The molecule has 3 N–H and O–H groups in total. The number of amides is 1. The van der Waals surface area contributed by atoms with Gasteiger partial charge >= 0.3 is 5.97 Å². The minimum Gasteiger partial charge on any atom is -0.462 e. The average molecular weight is 844 g/mol. The first kappa shape index (κ1) is 58.1. The molecule has 6 heteroatoms. The molecule has 3 unspecified atom stereocenters. The van der Waals surface area contributed by atoms with Crippen molar-refractivity contribution < 1.29 is 24.5 Å². The largest absolute Gasteiger partial charge is 0.462 e. The van der Waals surface area contributed by atoms with E-state index >= 15 is 0 Å². The van der Waals surface area contributed by atoms with Crippen LogP contribution in [-0.4, -0.2) is 46.9 Å². The summed E-state index contributed by atoms with van der Waals surface area (Å²) >= 11 is 0. The molecule has 0 fully saturated rings. The summed E-state index contributed by atoms with van der Waals surface area (Å²) in [6.07, 6.45) is 56.3. The summed E-state index contributed by atoms with van der Waals surface area (Å²) in [4.78, 5) is 26.1. The van der Waals surface area contributed by atoms with Gasteiger partial charge < -0.3 is 20.3 Å². The highest BCUT2D eigenvalue weighted by Gasteiger charge is 2.24. The maximum atomic E-state index is 13.2. The van der Waals surface area contributed by atoms with Gasteiger partial charge in [-0.25, -0.2) is 0 Å². The van der Waals surface area contributed by atoms with Crippen LogP contribution < -0.4 is 5.32 Å². The molecule has 0 rings (SSSR count). The zero-order valence-electron chi connectivity index (χ0n) is 40.1. The van der Waals surface area contributed by atoms with Crippen LogP contribution in [0.4, 0.5) is 0 Å². The van der Waals surface area contributed by atoms with E-state index in [0.29, 0.717) is 19.3 Å². The Bertz CT molecular complexity index is 993. The van der Waals surface area contributed by atoms with E-state index in [1.54, 1.807) is 0 Å². The molecule has 0 spiro atoms. The number of hydrogen-bond acceptors (Lipinski definition) is 5. The molecule has 0 aromatic rings. The van der Waals surface area contributed by atoms with Crippen LogP contribution in [0.1, 0.15) is 271 Å². The van der Waals surface area contributed by atoms with Gasteiger partial charge in [-0.2, -0.15) is 0 Å². The van der Waals surface area contributed by atoms with Crippen LogP contribution in [0.15, 0.2) is 36.5 Å². The van der Waals surface area contributed by atoms with Crippen LogP contribution >= 0.6 is 0 Å².